The summed E-state index contributed by atoms with van der Waals surface area (Å²) in [4.78, 5) is 0. The summed E-state index contributed by atoms with van der Waals surface area (Å²) in [7, 11) is 0. The van der Waals surface area contributed by atoms with Gasteiger partial charge in [0.25, 0.3) is 0 Å². The Morgan fingerprint density at radius 2 is 0.464 bits per heavy atom. The number of rotatable bonds is 24. The average Bonchev–Trinajstić information content (AvgIpc) is 3.37. The minimum Gasteiger partial charge on any atom is -0.494 e. The van der Waals surface area contributed by atoms with Gasteiger partial charge in [0.1, 0.15) is 81.2 Å². The van der Waals surface area contributed by atoms with E-state index in [4.69, 9.17) is 60.8 Å². The van der Waals surface area contributed by atoms with Gasteiger partial charge in [0.15, 0.2) is 0 Å². The second kappa shape index (κ2) is 23.7. The lowest BCUT2D eigenvalue weighted by Crippen LogP contribution is -2.37. The van der Waals surface area contributed by atoms with Crippen LogP contribution >= 0.6 is 0 Å². The van der Waals surface area contributed by atoms with Crippen molar-refractivity contribution in [1.29, 1.82) is 0 Å². The fraction of sp³-hybridized carbons (Fsp3) is 0.158. The maximum Gasteiger partial charge on any atom is 0.135 e. The van der Waals surface area contributed by atoms with Gasteiger partial charge in [0, 0.05) is 22.7 Å². The third kappa shape index (κ3) is 14.9. The molecule has 69 heavy (non-hydrogen) atoms. The summed E-state index contributed by atoms with van der Waals surface area (Å²) in [5.74, 6) is 8.35. The highest BCUT2D eigenvalue weighted by Gasteiger charge is 2.26. The van der Waals surface area contributed by atoms with E-state index in [0.717, 1.165) is 24.3 Å². The van der Waals surface area contributed by atoms with Gasteiger partial charge in [-0.1, -0.05) is 0 Å². The number of hydrogen-bond donors (Lipinski definition) is 4. The Labute approximate surface area is 402 Å². The molecule has 0 aliphatic heterocycles. The number of anilines is 4. The first kappa shape index (κ1) is 46.9. The number of nitrogens with two attached hydrogens (primary N) is 4. The van der Waals surface area contributed by atoms with Crippen molar-refractivity contribution < 1.29 is 37.9 Å². The molecule has 2 unspecified atom stereocenters. The lowest BCUT2D eigenvalue weighted by Gasteiger charge is -2.29. The lowest BCUT2D eigenvalue weighted by molar-refractivity contribution is 0.0374. The molecule has 8 aromatic carbocycles. The van der Waals surface area contributed by atoms with Crippen molar-refractivity contribution in [2.45, 2.75) is 44.3 Å². The van der Waals surface area contributed by atoms with Gasteiger partial charge >= 0.3 is 0 Å². The summed E-state index contributed by atoms with van der Waals surface area (Å²) >= 11 is 0. The molecule has 0 saturated heterocycles. The molecule has 0 saturated carbocycles. The Kier molecular flexibility index (Phi) is 16.1. The topological polar surface area (TPSA) is 178 Å². The molecular formula is C57H56N4O8. The third-order valence-electron chi connectivity index (χ3n) is 10.8. The van der Waals surface area contributed by atoms with E-state index in [-0.39, 0.29) is 12.2 Å². The van der Waals surface area contributed by atoms with Crippen LogP contribution in [0.5, 0.6) is 69.0 Å². The van der Waals surface area contributed by atoms with Crippen molar-refractivity contribution in [3.05, 3.63) is 194 Å². The first-order valence-electron chi connectivity index (χ1n) is 22.9. The molecule has 0 amide bonds. The molecule has 2 atom stereocenters. The SMILES string of the molecule is Nc1ccc(Oc2ccc(OCCCCC(Oc3ccc(Oc4ccc(N)cc4)cc3)C(CCCOc3ccc(Oc4ccc(N)cc4)cc3)Oc3ccc(Oc4ccc(N)cc4)cc3)cc2)cc1. The number of hydrogen-bond acceptors (Lipinski definition) is 12. The molecule has 0 aliphatic rings. The second-order valence-corrected chi connectivity index (χ2v) is 16.2. The Morgan fingerprint density at radius 3 is 0.754 bits per heavy atom. The molecule has 0 aromatic heterocycles. The zero-order valence-electron chi connectivity index (χ0n) is 38.2. The first-order valence-corrected chi connectivity index (χ1v) is 22.9. The zero-order chi connectivity index (χ0) is 47.6. The summed E-state index contributed by atoms with van der Waals surface area (Å²) in [5.41, 5.74) is 26.1. The van der Waals surface area contributed by atoms with Gasteiger partial charge in [0.2, 0.25) is 0 Å². The lowest BCUT2D eigenvalue weighted by atomic mass is 10.0. The van der Waals surface area contributed by atoms with Gasteiger partial charge in [-0.25, -0.2) is 0 Å². The Bertz CT molecular complexity index is 2760. The fourth-order valence-corrected chi connectivity index (χ4v) is 7.17. The van der Waals surface area contributed by atoms with E-state index in [9.17, 15) is 0 Å². The van der Waals surface area contributed by atoms with Gasteiger partial charge in [0.05, 0.1) is 13.2 Å². The van der Waals surface area contributed by atoms with Gasteiger partial charge in [-0.15, -0.1) is 0 Å². The van der Waals surface area contributed by atoms with Crippen LogP contribution in [0.25, 0.3) is 0 Å². The average molecular weight is 925 g/mol. The Morgan fingerprint density at radius 1 is 0.246 bits per heavy atom. The van der Waals surface area contributed by atoms with Crippen molar-refractivity contribution in [2.75, 3.05) is 36.1 Å². The standard InChI is InChI=1S/C57H56N4O8/c58-40-6-14-46(15-7-40)64-50-26-22-44(23-27-50)62-38-2-1-4-56(68-54-34-30-52(31-35-54)66-48-18-10-42(60)11-19-48)57(69-55-36-32-53(33-37-55)67-49-20-12-43(61)13-21-49)5-3-39-63-45-24-28-51(29-25-45)65-47-16-8-41(59)9-17-47/h6-37,56-57H,1-5,38-39,58-61H2. The Hall–Kier alpha value is -8.64. The van der Waals surface area contributed by atoms with Crippen LogP contribution in [0.3, 0.4) is 0 Å². The van der Waals surface area contributed by atoms with Crippen LogP contribution in [0.1, 0.15) is 32.1 Å². The van der Waals surface area contributed by atoms with Crippen LogP contribution in [-0.2, 0) is 0 Å². The Balaban J connectivity index is 0.941. The molecule has 0 bridgehead atoms. The molecular weight excluding hydrogens is 869 g/mol. The summed E-state index contributed by atoms with van der Waals surface area (Å²) < 4.78 is 50.1. The molecule has 12 nitrogen and oxygen atoms in total. The third-order valence-corrected chi connectivity index (χ3v) is 10.8. The van der Waals surface area contributed by atoms with Crippen LogP contribution in [-0.4, -0.2) is 25.4 Å². The molecule has 0 spiro atoms. The molecule has 8 rings (SSSR count). The summed E-state index contributed by atoms with van der Waals surface area (Å²) in [6.07, 6.45) is 2.86. The monoisotopic (exact) mass is 924 g/mol. The van der Waals surface area contributed by atoms with E-state index in [2.05, 4.69) is 0 Å². The smallest absolute Gasteiger partial charge is 0.135 e. The molecule has 8 N–H and O–H groups in total. The van der Waals surface area contributed by atoms with Crippen molar-refractivity contribution in [3.8, 4) is 69.0 Å². The fourth-order valence-electron chi connectivity index (χ4n) is 7.17. The highest BCUT2D eigenvalue weighted by atomic mass is 16.5. The molecule has 12 heteroatoms. The van der Waals surface area contributed by atoms with Crippen LogP contribution in [0.15, 0.2) is 194 Å². The first-order chi connectivity index (χ1) is 33.7. The van der Waals surface area contributed by atoms with E-state index in [1.807, 2.05) is 146 Å². The van der Waals surface area contributed by atoms with Gasteiger partial charge in [-0.2, -0.15) is 0 Å². The molecule has 0 heterocycles. The zero-order valence-corrected chi connectivity index (χ0v) is 38.2. The van der Waals surface area contributed by atoms with Crippen LogP contribution in [0, 0.1) is 0 Å². The van der Waals surface area contributed by atoms with Crippen molar-refractivity contribution in [2.24, 2.45) is 0 Å². The van der Waals surface area contributed by atoms with E-state index in [1.165, 1.54) is 0 Å². The predicted molar refractivity (Wildman–Crippen MR) is 272 cm³/mol. The summed E-state index contributed by atoms with van der Waals surface area (Å²) in [6, 6.07) is 59.4. The number of ether oxygens (including phenoxy) is 8. The summed E-state index contributed by atoms with van der Waals surface area (Å²) in [5, 5.41) is 0. The van der Waals surface area contributed by atoms with Crippen LogP contribution in [0.4, 0.5) is 22.7 Å². The van der Waals surface area contributed by atoms with Gasteiger partial charge in [-0.05, 0) is 226 Å². The quantitative estimate of drug-likeness (QED) is 0.0333. The van der Waals surface area contributed by atoms with Crippen molar-refractivity contribution in [3.63, 3.8) is 0 Å². The van der Waals surface area contributed by atoms with E-state index in [1.54, 1.807) is 48.5 Å². The molecule has 0 aliphatic carbocycles. The van der Waals surface area contributed by atoms with Gasteiger partial charge in [-0.3, -0.25) is 0 Å². The molecule has 0 fully saturated rings. The number of unbranched alkanes of at least 4 members (excludes halogenated alkanes) is 1. The summed E-state index contributed by atoms with van der Waals surface area (Å²) in [6.45, 7) is 0.967. The highest BCUT2D eigenvalue weighted by Crippen LogP contribution is 2.31. The van der Waals surface area contributed by atoms with E-state index in [0.29, 0.717) is 113 Å². The maximum atomic E-state index is 6.84. The van der Waals surface area contributed by atoms with E-state index >= 15 is 0 Å². The molecule has 8 aromatic rings. The predicted octanol–water partition coefficient (Wildman–Crippen LogP) is 13.5. The molecule has 352 valence electrons. The molecule has 0 radical (unpaired) electrons. The van der Waals surface area contributed by atoms with Crippen LogP contribution < -0.4 is 60.8 Å². The largest absolute Gasteiger partial charge is 0.494 e. The maximum absolute atomic E-state index is 6.84. The minimum atomic E-state index is -0.367. The highest BCUT2D eigenvalue weighted by molar-refractivity contribution is 5.47. The normalized spacial score (nSPS) is 11.7. The minimum absolute atomic E-state index is 0.353. The van der Waals surface area contributed by atoms with Crippen LogP contribution in [0.2, 0.25) is 0 Å². The second-order valence-electron chi connectivity index (χ2n) is 16.2. The number of nitrogen functional groups attached to an aromatic ring is 4. The number of benzene rings is 8. The van der Waals surface area contributed by atoms with Gasteiger partial charge < -0.3 is 60.8 Å². The van der Waals surface area contributed by atoms with Crippen molar-refractivity contribution in [1.82, 2.24) is 0 Å². The van der Waals surface area contributed by atoms with E-state index < -0.39 is 0 Å². The van der Waals surface area contributed by atoms with Crippen molar-refractivity contribution >= 4 is 22.7 Å².